The van der Waals surface area contributed by atoms with Gasteiger partial charge in [-0.05, 0) is 12.3 Å². The summed E-state index contributed by atoms with van der Waals surface area (Å²) in [6.07, 6.45) is 0.413. The number of rotatable bonds is 3. The molecule has 0 radical (unpaired) electrons. The Balaban J connectivity index is 3.58. The third-order valence-electron chi connectivity index (χ3n) is 1.32. The lowest BCUT2D eigenvalue weighted by molar-refractivity contribution is -0.121. The Morgan fingerprint density at radius 2 is 2.00 bits per heavy atom. The van der Waals surface area contributed by atoms with Gasteiger partial charge in [0.25, 0.3) is 0 Å². The number of hydrogen-bond acceptors (Lipinski definition) is 2. The lowest BCUT2D eigenvalue weighted by Crippen LogP contribution is -2.35. The second-order valence-corrected chi connectivity index (χ2v) is 4.52. The molecule has 0 aromatic heterocycles. The van der Waals surface area contributed by atoms with Crippen LogP contribution in [-0.2, 0) is 4.79 Å². The van der Waals surface area contributed by atoms with E-state index in [0.29, 0.717) is 13.0 Å². The molecule has 3 nitrogen and oxygen atoms in total. The highest BCUT2D eigenvalue weighted by atomic mass is 16.1. The Kier molecular flexibility index (Phi) is 4.24. The molecule has 0 aliphatic heterocycles. The monoisotopic (exact) mass is 172 g/mol. The number of nitrogens with two attached hydrogens (primary N) is 1. The molecule has 3 N–H and O–H groups in total. The van der Waals surface area contributed by atoms with E-state index in [1.165, 1.54) is 0 Å². The average molecular weight is 172 g/mol. The zero-order valence-corrected chi connectivity index (χ0v) is 8.48. The van der Waals surface area contributed by atoms with Gasteiger partial charge in [-0.3, -0.25) is 4.79 Å². The molecule has 1 atom stereocenters. The molecular weight excluding hydrogens is 152 g/mol. The van der Waals surface area contributed by atoms with Crippen molar-refractivity contribution in [3.8, 4) is 0 Å². The largest absolute Gasteiger partial charge is 0.356 e. The van der Waals surface area contributed by atoms with Gasteiger partial charge in [-0.15, -0.1) is 0 Å². The number of nitrogens with one attached hydrogen (secondary N) is 1. The standard InChI is InChI=1S/C9H20N2O/c1-7(10)5-8(12)11-6-9(2,3)4/h7H,5-6,10H2,1-4H3,(H,11,12). The van der Waals surface area contributed by atoms with Crippen LogP contribution in [0.25, 0.3) is 0 Å². The lowest BCUT2D eigenvalue weighted by atomic mass is 9.97. The summed E-state index contributed by atoms with van der Waals surface area (Å²) >= 11 is 0. The Hall–Kier alpha value is -0.570. The van der Waals surface area contributed by atoms with Crippen molar-refractivity contribution in [3.63, 3.8) is 0 Å². The Morgan fingerprint density at radius 1 is 1.50 bits per heavy atom. The first-order valence-corrected chi connectivity index (χ1v) is 4.33. The van der Waals surface area contributed by atoms with Gasteiger partial charge in [0.05, 0.1) is 0 Å². The summed E-state index contributed by atoms with van der Waals surface area (Å²) in [5.41, 5.74) is 5.62. The normalized spacial score (nSPS) is 14.1. The number of carbonyl (C=O) groups is 1. The fourth-order valence-electron chi connectivity index (χ4n) is 0.728. The second kappa shape index (κ2) is 4.45. The van der Waals surface area contributed by atoms with Gasteiger partial charge in [-0.2, -0.15) is 0 Å². The Morgan fingerprint density at radius 3 is 2.33 bits per heavy atom. The van der Waals surface area contributed by atoms with Gasteiger partial charge in [-0.1, -0.05) is 20.8 Å². The molecule has 3 heteroatoms. The summed E-state index contributed by atoms with van der Waals surface area (Å²) in [6.45, 7) is 8.78. The zero-order valence-electron chi connectivity index (χ0n) is 8.48. The van der Waals surface area contributed by atoms with Crippen LogP contribution in [0.5, 0.6) is 0 Å². The van der Waals surface area contributed by atoms with Gasteiger partial charge in [0.15, 0.2) is 0 Å². The minimum absolute atomic E-state index is 0.0416. The van der Waals surface area contributed by atoms with Gasteiger partial charge >= 0.3 is 0 Å². The van der Waals surface area contributed by atoms with Crippen molar-refractivity contribution < 1.29 is 4.79 Å². The van der Waals surface area contributed by atoms with Crippen LogP contribution in [0.3, 0.4) is 0 Å². The van der Waals surface area contributed by atoms with Crippen LogP contribution in [0.15, 0.2) is 0 Å². The van der Waals surface area contributed by atoms with Crippen LogP contribution in [-0.4, -0.2) is 18.5 Å². The Labute approximate surface area is 74.7 Å². The maximum absolute atomic E-state index is 11.1. The van der Waals surface area contributed by atoms with Crippen molar-refractivity contribution in [2.75, 3.05) is 6.54 Å². The molecular formula is C9H20N2O. The second-order valence-electron chi connectivity index (χ2n) is 4.52. The highest BCUT2D eigenvalue weighted by molar-refractivity contribution is 5.76. The minimum atomic E-state index is -0.0510. The SMILES string of the molecule is CC(N)CC(=O)NCC(C)(C)C. The third-order valence-corrected chi connectivity index (χ3v) is 1.32. The van der Waals surface area contributed by atoms with E-state index in [1.807, 2.05) is 6.92 Å². The van der Waals surface area contributed by atoms with Gasteiger partial charge in [0, 0.05) is 19.0 Å². The number of amides is 1. The third kappa shape index (κ3) is 7.54. The van der Waals surface area contributed by atoms with Crippen molar-refractivity contribution in [2.24, 2.45) is 11.1 Å². The molecule has 0 rings (SSSR count). The van der Waals surface area contributed by atoms with Crippen molar-refractivity contribution in [1.29, 1.82) is 0 Å². The van der Waals surface area contributed by atoms with E-state index >= 15 is 0 Å². The van der Waals surface area contributed by atoms with Crippen molar-refractivity contribution in [1.82, 2.24) is 5.32 Å². The van der Waals surface area contributed by atoms with Crippen LogP contribution in [0.2, 0.25) is 0 Å². The number of carbonyl (C=O) groups excluding carboxylic acids is 1. The first kappa shape index (κ1) is 11.4. The van der Waals surface area contributed by atoms with Crippen LogP contribution in [0, 0.1) is 5.41 Å². The van der Waals surface area contributed by atoms with E-state index in [1.54, 1.807) is 0 Å². The van der Waals surface area contributed by atoms with Crippen LogP contribution in [0.4, 0.5) is 0 Å². The topological polar surface area (TPSA) is 55.1 Å². The number of hydrogen-bond donors (Lipinski definition) is 2. The molecule has 0 aromatic carbocycles. The van der Waals surface area contributed by atoms with E-state index < -0.39 is 0 Å². The summed E-state index contributed by atoms with van der Waals surface area (Å²) in [7, 11) is 0. The minimum Gasteiger partial charge on any atom is -0.356 e. The Bertz CT molecular complexity index is 147. The van der Waals surface area contributed by atoms with E-state index in [4.69, 9.17) is 5.73 Å². The van der Waals surface area contributed by atoms with Gasteiger partial charge in [0.1, 0.15) is 0 Å². The first-order valence-electron chi connectivity index (χ1n) is 4.33. The molecule has 0 aromatic rings. The van der Waals surface area contributed by atoms with Gasteiger partial charge in [-0.25, -0.2) is 0 Å². The van der Waals surface area contributed by atoms with E-state index in [0.717, 1.165) is 0 Å². The molecule has 0 fully saturated rings. The summed E-state index contributed by atoms with van der Waals surface area (Å²) < 4.78 is 0. The first-order chi connectivity index (χ1) is 5.31. The lowest BCUT2D eigenvalue weighted by Gasteiger charge is -2.19. The predicted molar refractivity (Wildman–Crippen MR) is 50.7 cm³/mol. The van der Waals surface area contributed by atoms with Crippen molar-refractivity contribution in [3.05, 3.63) is 0 Å². The molecule has 72 valence electrons. The zero-order chi connectivity index (χ0) is 9.78. The quantitative estimate of drug-likeness (QED) is 0.664. The maximum Gasteiger partial charge on any atom is 0.221 e. The maximum atomic E-state index is 11.1. The molecule has 0 spiro atoms. The molecule has 1 unspecified atom stereocenters. The molecule has 0 aliphatic carbocycles. The molecule has 0 saturated heterocycles. The highest BCUT2D eigenvalue weighted by Gasteiger charge is 2.12. The molecule has 12 heavy (non-hydrogen) atoms. The van der Waals surface area contributed by atoms with Crippen LogP contribution in [0.1, 0.15) is 34.1 Å². The van der Waals surface area contributed by atoms with Crippen LogP contribution >= 0.6 is 0 Å². The molecule has 0 aliphatic rings. The van der Waals surface area contributed by atoms with E-state index in [2.05, 4.69) is 26.1 Å². The molecule has 0 bridgehead atoms. The predicted octanol–water partition coefficient (Wildman–Crippen LogP) is 0.886. The highest BCUT2D eigenvalue weighted by Crippen LogP contribution is 2.10. The average Bonchev–Trinajstić information content (AvgIpc) is 1.80. The van der Waals surface area contributed by atoms with Gasteiger partial charge < -0.3 is 11.1 Å². The van der Waals surface area contributed by atoms with E-state index in [-0.39, 0.29) is 17.4 Å². The summed E-state index contributed by atoms with van der Waals surface area (Å²) in [4.78, 5) is 11.1. The summed E-state index contributed by atoms with van der Waals surface area (Å²) in [5.74, 6) is 0.0416. The fourth-order valence-corrected chi connectivity index (χ4v) is 0.728. The van der Waals surface area contributed by atoms with Crippen molar-refractivity contribution >= 4 is 5.91 Å². The summed E-state index contributed by atoms with van der Waals surface area (Å²) in [6, 6.07) is -0.0510. The van der Waals surface area contributed by atoms with Gasteiger partial charge in [0.2, 0.25) is 5.91 Å². The smallest absolute Gasteiger partial charge is 0.221 e. The van der Waals surface area contributed by atoms with E-state index in [9.17, 15) is 4.79 Å². The fraction of sp³-hybridized carbons (Fsp3) is 0.889. The van der Waals surface area contributed by atoms with Crippen LogP contribution < -0.4 is 11.1 Å². The van der Waals surface area contributed by atoms with Crippen molar-refractivity contribution in [2.45, 2.75) is 40.2 Å². The molecule has 0 heterocycles. The molecule has 1 amide bonds. The molecule has 0 saturated carbocycles. The summed E-state index contributed by atoms with van der Waals surface area (Å²) in [5, 5.41) is 2.84.